The first kappa shape index (κ1) is 22.7. The standard InChI is InChI=1S/C17H39N2.BrH/c1-6-7-8-9-10-11-12-13-14-15-18-17(2)16-19(3,4)5;/h17-18H,6-16H2,1-5H3;1H/q+1;/p-1. The molecule has 0 aliphatic rings. The number of nitrogens with zero attached hydrogens (tertiary/aromatic N) is 1. The van der Waals surface area contributed by atoms with E-state index in [1.165, 1.54) is 70.9 Å². The van der Waals surface area contributed by atoms with Crippen LogP contribution in [-0.4, -0.2) is 44.8 Å². The molecule has 2 nitrogen and oxygen atoms in total. The van der Waals surface area contributed by atoms with Gasteiger partial charge in [0.25, 0.3) is 0 Å². The maximum absolute atomic E-state index is 3.64. The zero-order chi connectivity index (χ0) is 14.6. The number of likely N-dealkylation sites (N-methyl/N-ethyl adjacent to an activating group) is 1. The van der Waals surface area contributed by atoms with E-state index in [4.69, 9.17) is 0 Å². The van der Waals surface area contributed by atoms with Gasteiger partial charge in [0.1, 0.15) is 0 Å². The summed E-state index contributed by atoms with van der Waals surface area (Å²) in [6.07, 6.45) is 12.7. The molecule has 0 heterocycles. The maximum Gasteiger partial charge on any atom is 0.0933 e. The van der Waals surface area contributed by atoms with E-state index < -0.39 is 0 Å². The quantitative estimate of drug-likeness (QED) is 0.389. The maximum atomic E-state index is 3.64. The number of halogens is 1. The van der Waals surface area contributed by atoms with Gasteiger partial charge in [0.15, 0.2) is 0 Å². The fourth-order valence-electron chi connectivity index (χ4n) is 2.67. The van der Waals surface area contributed by atoms with Gasteiger partial charge >= 0.3 is 0 Å². The number of unbranched alkanes of at least 4 members (excludes halogenated alkanes) is 8. The highest BCUT2D eigenvalue weighted by Crippen LogP contribution is 2.09. The van der Waals surface area contributed by atoms with Crippen LogP contribution in [0.15, 0.2) is 0 Å². The minimum Gasteiger partial charge on any atom is -1.00 e. The SMILES string of the molecule is CCCCCCCCCCCNC(C)C[N+](C)(C)C.[Br-]. The minimum absolute atomic E-state index is 0. The Hall–Kier alpha value is 0.400. The van der Waals surface area contributed by atoms with Gasteiger partial charge < -0.3 is 26.8 Å². The molecule has 0 aromatic rings. The van der Waals surface area contributed by atoms with E-state index in [1.54, 1.807) is 0 Å². The van der Waals surface area contributed by atoms with Gasteiger partial charge in [-0.2, -0.15) is 0 Å². The van der Waals surface area contributed by atoms with Crippen molar-refractivity contribution >= 4 is 0 Å². The summed E-state index contributed by atoms with van der Waals surface area (Å²) < 4.78 is 1.05. The van der Waals surface area contributed by atoms with Crippen LogP contribution in [0.4, 0.5) is 0 Å². The van der Waals surface area contributed by atoms with E-state index in [0.717, 1.165) is 4.48 Å². The van der Waals surface area contributed by atoms with E-state index in [9.17, 15) is 0 Å². The summed E-state index contributed by atoms with van der Waals surface area (Å²) >= 11 is 0. The molecular formula is C17H39BrN2. The van der Waals surface area contributed by atoms with Gasteiger partial charge in [0, 0.05) is 0 Å². The molecule has 1 unspecified atom stereocenters. The smallest absolute Gasteiger partial charge is 0.0933 e. The van der Waals surface area contributed by atoms with Gasteiger partial charge in [0.2, 0.25) is 0 Å². The summed E-state index contributed by atoms with van der Waals surface area (Å²) in [6.45, 7) is 6.98. The van der Waals surface area contributed by atoms with E-state index in [1.807, 2.05) is 0 Å². The molecule has 0 fully saturated rings. The molecule has 1 N–H and O–H groups in total. The van der Waals surface area contributed by atoms with Gasteiger partial charge in [-0.25, -0.2) is 0 Å². The summed E-state index contributed by atoms with van der Waals surface area (Å²) in [5.41, 5.74) is 0. The van der Waals surface area contributed by atoms with Gasteiger partial charge in [-0.05, 0) is 19.9 Å². The van der Waals surface area contributed by atoms with Crippen molar-refractivity contribution in [3.63, 3.8) is 0 Å². The highest BCUT2D eigenvalue weighted by atomic mass is 79.9. The Balaban J connectivity index is 0. The number of nitrogens with one attached hydrogen (secondary N) is 1. The Morgan fingerprint density at radius 1 is 0.800 bits per heavy atom. The number of hydrogen-bond acceptors (Lipinski definition) is 1. The van der Waals surface area contributed by atoms with Crippen LogP contribution in [0, 0.1) is 0 Å². The van der Waals surface area contributed by atoms with Crippen LogP contribution in [-0.2, 0) is 0 Å². The lowest BCUT2D eigenvalue weighted by molar-refractivity contribution is -0.871. The van der Waals surface area contributed by atoms with Crippen LogP contribution in [0.3, 0.4) is 0 Å². The molecule has 0 amide bonds. The minimum atomic E-state index is 0. The Labute approximate surface area is 139 Å². The molecule has 0 rings (SSSR count). The molecule has 124 valence electrons. The Morgan fingerprint density at radius 2 is 1.25 bits per heavy atom. The lowest BCUT2D eigenvalue weighted by Crippen LogP contribution is -3.00. The average molecular weight is 351 g/mol. The predicted octanol–water partition coefficient (Wildman–Crippen LogP) is 1.21. The topological polar surface area (TPSA) is 12.0 Å². The third-order valence-corrected chi connectivity index (χ3v) is 3.59. The first-order valence-corrected chi connectivity index (χ1v) is 8.49. The number of rotatable bonds is 13. The van der Waals surface area contributed by atoms with Crippen LogP contribution >= 0.6 is 0 Å². The highest BCUT2D eigenvalue weighted by molar-refractivity contribution is 4.59. The second-order valence-corrected chi connectivity index (χ2v) is 7.16. The van der Waals surface area contributed by atoms with Gasteiger partial charge in [0.05, 0.1) is 33.7 Å². The third-order valence-electron chi connectivity index (χ3n) is 3.59. The van der Waals surface area contributed by atoms with Crippen LogP contribution < -0.4 is 22.3 Å². The van der Waals surface area contributed by atoms with Crippen LogP contribution in [0.25, 0.3) is 0 Å². The molecule has 0 aromatic heterocycles. The summed E-state index contributed by atoms with van der Waals surface area (Å²) in [6, 6.07) is 0.633. The first-order chi connectivity index (χ1) is 8.95. The van der Waals surface area contributed by atoms with Crippen molar-refractivity contribution in [1.82, 2.24) is 5.32 Å². The van der Waals surface area contributed by atoms with E-state index >= 15 is 0 Å². The van der Waals surface area contributed by atoms with Gasteiger partial charge in [-0.15, -0.1) is 0 Å². The lowest BCUT2D eigenvalue weighted by Gasteiger charge is -2.28. The van der Waals surface area contributed by atoms with Crippen molar-refractivity contribution in [3.05, 3.63) is 0 Å². The number of hydrogen-bond donors (Lipinski definition) is 1. The van der Waals surface area contributed by atoms with Crippen molar-refractivity contribution < 1.29 is 21.5 Å². The van der Waals surface area contributed by atoms with Crippen LogP contribution in [0.5, 0.6) is 0 Å². The molecule has 0 bridgehead atoms. The van der Waals surface area contributed by atoms with Gasteiger partial charge in [-0.1, -0.05) is 58.3 Å². The Bertz CT molecular complexity index is 190. The summed E-state index contributed by atoms with van der Waals surface area (Å²) in [4.78, 5) is 0. The van der Waals surface area contributed by atoms with Crippen molar-refractivity contribution in [2.24, 2.45) is 0 Å². The number of quaternary nitrogens is 1. The molecule has 3 heteroatoms. The van der Waals surface area contributed by atoms with Crippen molar-refractivity contribution in [2.75, 3.05) is 34.2 Å². The van der Waals surface area contributed by atoms with Gasteiger partial charge in [-0.3, -0.25) is 0 Å². The molecule has 0 radical (unpaired) electrons. The summed E-state index contributed by atoms with van der Waals surface area (Å²) in [5.74, 6) is 0. The predicted molar refractivity (Wildman–Crippen MR) is 87.6 cm³/mol. The molecule has 0 saturated carbocycles. The second kappa shape index (κ2) is 14.3. The van der Waals surface area contributed by atoms with E-state index in [-0.39, 0.29) is 17.0 Å². The van der Waals surface area contributed by atoms with Crippen molar-refractivity contribution in [2.45, 2.75) is 77.7 Å². The molecule has 0 saturated heterocycles. The van der Waals surface area contributed by atoms with Crippen LogP contribution in [0.2, 0.25) is 0 Å². The second-order valence-electron chi connectivity index (χ2n) is 7.16. The molecule has 0 aliphatic heterocycles. The normalized spacial score (nSPS) is 13.1. The Morgan fingerprint density at radius 3 is 1.70 bits per heavy atom. The third kappa shape index (κ3) is 18.4. The van der Waals surface area contributed by atoms with E-state index in [0.29, 0.717) is 6.04 Å². The zero-order valence-electron chi connectivity index (χ0n) is 14.7. The van der Waals surface area contributed by atoms with Crippen molar-refractivity contribution in [3.8, 4) is 0 Å². The fourth-order valence-corrected chi connectivity index (χ4v) is 2.67. The first-order valence-electron chi connectivity index (χ1n) is 8.49. The molecule has 1 atom stereocenters. The molecule has 0 spiro atoms. The fraction of sp³-hybridized carbons (Fsp3) is 1.00. The molecule has 0 aromatic carbocycles. The monoisotopic (exact) mass is 350 g/mol. The average Bonchev–Trinajstić information content (AvgIpc) is 2.29. The summed E-state index contributed by atoms with van der Waals surface area (Å²) in [7, 11) is 6.78. The van der Waals surface area contributed by atoms with Crippen molar-refractivity contribution in [1.29, 1.82) is 0 Å². The Kier molecular flexibility index (Phi) is 16.3. The summed E-state index contributed by atoms with van der Waals surface area (Å²) in [5, 5.41) is 3.64. The zero-order valence-corrected chi connectivity index (χ0v) is 16.3. The van der Waals surface area contributed by atoms with Crippen LogP contribution in [0.1, 0.15) is 71.6 Å². The largest absolute Gasteiger partial charge is 1.00 e. The molecular weight excluding hydrogens is 312 g/mol. The molecule has 0 aliphatic carbocycles. The van der Waals surface area contributed by atoms with E-state index in [2.05, 4.69) is 40.3 Å². The highest BCUT2D eigenvalue weighted by Gasteiger charge is 2.12. The lowest BCUT2D eigenvalue weighted by atomic mass is 10.1. The molecule has 20 heavy (non-hydrogen) atoms.